The zero-order chi connectivity index (χ0) is 20.3. The van der Waals surface area contributed by atoms with Crippen LogP contribution in [0.25, 0.3) is 11.3 Å². The Balaban J connectivity index is 0.000000920. The van der Waals surface area contributed by atoms with E-state index in [1.165, 1.54) is 11.3 Å². The molecule has 0 amide bonds. The second-order valence-corrected chi connectivity index (χ2v) is 7.73. The van der Waals surface area contributed by atoms with Crippen LogP contribution in [0.15, 0.2) is 45.0 Å². The second-order valence-electron chi connectivity index (χ2n) is 4.95. The van der Waals surface area contributed by atoms with Gasteiger partial charge in [-0.1, -0.05) is 57.0 Å². The van der Waals surface area contributed by atoms with Gasteiger partial charge >= 0.3 is 0 Å². The molecule has 2 N–H and O–H groups in total. The van der Waals surface area contributed by atoms with Crippen molar-refractivity contribution in [2.75, 3.05) is 5.73 Å². The summed E-state index contributed by atoms with van der Waals surface area (Å²) in [4.78, 5) is 9.56. The average Bonchev–Trinajstić information content (AvgIpc) is 3.13. The largest absolute Gasteiger partial charge is 0.383 e. The van der Waals surface area contributed by atoms with E-state index in [1.54, 1.807) is 18.6 Å². The molecule has 0 bridgehead atoms. The van der Waals surface area contributed by atoms with Crippen LogP contribution < -0.4 is 5.73 Å². The van der Waals surface area contributed by atoms with Crippen LogP contribution in [0.4, 0.5) is 5.82 Å². The van der Waals surface area contributed by atoms with Gasteiger partial charge in [-0.2, -0.15) is 0 Å². The van der Waals surface area contributed by atoms with Crippen molar-refractivity contribution in [1.82, 2.24) is 9.97 Å². The van der Waals surface area contributed by atoms with Gasteiger partial charge in [-0.25, -0.2) is 9.97 Å². The summed E-state index contributed by atoms with van der Waals surface area (Å²) in [6.07, 6.45) is 4.62. The fourth-order valence-corrected chi connectivity index (χ4v) is 3.35. The molecule has 1 atom stereocenters. The maximum Gasteiger partial charge on any atom is 0.132 e. The minimum Gasteiger partial charge on any atom is -0.383 e. The fraction of sp³-hybridized carbons (Fsp3) is 0.368. The molecule has 7 heteroatoms. The van der Waals surface area contributed by atoms with E-state index in [1.807, 2.05) is 32.9 Å². The SMILES string of the molecule is C/C(Cl)=C(/Cl)C(C)c1scnc1-c1cc(Br)cnc1N.C=CCC.CC. The highest BCUT2D eigenvalue weighted by atomic mass is 79.9. The third-order valence-corrected chi connectivity index (χ3v) is 5.48. The third-order valence-electron chi connectivity index (χ3n) is 3.13. The maximum atomic E-state index is 6.26. The highest BCUT2D eigenvalue weighted by Gasteiger charge is 2.21. The highest BCUT2D eigenvalue weighted by molar-refractivity contribution is 9.10. The van der Waals surface area contributed by atoms with E-state index in [9.17, 15) is 0 Å². The summed E-state index contributed by atoms with van der Waals surface area (Å²) in [5, 5.41) is 1.19. The van der Waals surface area contributed by atoms with Gasteiger partial charge in [0.05, 0.1) is 11.2 Å². The van der Waals surface area contributed by atoms with E-state index >= 15 is 0 Å². The van der Waals surface area contributed by atoms with E-state index in [-0.39, 0.29) is 5.92 Å². The van der Waals surface area contributed by atoms with Crippen molar-refractivity contribution in [3.63, 3.8) is 0 Å². The lowest BCUT2D eigenvalue weighted by Crippen LogP contribution is -1.99. The van der Waals surface area contributed by atoms with Crippen molar-refractivity contribution >= 4 is 56.3 Å². The van der Waals surface area contributed by atoms with Gasteiger partial charge < -0.3 is 5.73 Å². The molecule has 0 fully saturated rings. The molecule has 0 aliphatic carbocycles. The number of nitrogen functional groups attached to an aromatic ring is 1. The van der Waals surface area contributed by atoms with Gasteiger partial charge in [-0.15, -0.1) is 17.9 Å². The van der Waals surface area contributed by atoms with Gasteiger partial charge in [-0.05, 0) is 35.3 Å². The van der Waals surface area contributed by atoms with Crippen molar-refractivity contribution in [1.29, 1.82) is 0 Å². The first-order valence-electron chi connectivity index (χ1n) is 8.30. The monoisotopic (exact) mass is 477 g/mol. The number of nitrogens with two attached hydrogens (primary N) is 1. The lowest BCUT2D eigenvalue weighted by molar-refractivity contribution is 0.965. The average molecular weight is 479 g/mol. The number of aromatic nitrogens is 2. The molecular weight excluding hydrogens is 453 g/mol. The number of pyridine rings is 1. The molecule has 1 unspecified atom stereocenters. The van der Waals surface area contributed by atoms with Crippen LogP contribution in [-0.4, -0.2) is 9.97 Å². The molecule has 0 radical (unpaired) electrons. The maximum absolute atomic E-state index is 6.26. The summed E-state index contributed by atoms with van der Waals surface area (Å²) in [5.74, 6) is 0.408. The summed E-state index contributed by atoms with van der Waals surface area (Å²) in [5.41, 5.74) is 9.31. The fourth-order valence-electron chi connectivity index (χ4n) is 1.82. The van der Waals surface area contributed by atoms with Crippen LogP contribution in [0.2, 0.25) is 0 Å². The topological polar surface area (TPSA) is 51.8 Å². The number of hydrogen-bond acceptors (Lipinski definition) is 4. The normalized spacial score (nSPS) is 12.0. The van der Waals surface area contributed by atoms with Gasteiger partial charge in [0.25, 0.3) is 0 Å². The predicted molar refractivity (Wildman–Crippen MR) is 122 cm³/mol. The van der Waals surface area contributed by atoms with Gasteiger partial charge in [-0.3, -0.25) is 0 Å². The van der Waals surface area contributed by atoms with E-state index in [0.717, 1.165) is 27.0 Å². The number of halogens is 3. The molecule has 0 aromatic carbocycles. The number of anilines is 1. The van der Waals surface area contributed by atoms with Crippen LogP contribution in [0.1, 0.15) is 51.8 Å². The molecular formula is C19H26BrCl2N3S. The van der Waals surface area contributed by atoms with Crippen LogP contribution in [0.5, 0.6) is 0 Å². The van der Waals surface area contributed by atoms with Crippen molar-refractivity contribution in [2.24, 2.45) is 0 Å². The molecule has 2 heterocycles. The smallest absolute Gasteiger partial charge is 0.132 e. The van der Waals surface area contributed by atoms with Crippen molar-refractivity contribution in [3.05, 3.63) is 49.8 Å². The molecule has 2 aromatic rings. The summed E-state index contributed by atoms with van der Waals surface area (Å²) in [6, 6.07) is 1.90. The van der Waals surface area contributed by atoms with E-state index in [2.05, 4.69) is 39.4 Å². The lowest BCUT2D eigenvalue weighted by Gasteiger charge is -2.12. The third kappa shape index (κ3) is 7.39. The number of nitrogens with zero attached hydrogens (tertiary/aromatic N) is 2. The van der Waals surface area contributed by atoms with Gasteiger partial charge in [0.1, 0.15) is 5.82 Å². The molecule has 0 aliphatic heterocycles. The number of allylic oxidation sites excluding steroid dienone is 3. The van der Waals surface area contributed by atoms with Crippen molar-refractivity contribution < 1.29 is 0 Å². The first-order valence-corrected chi connectivity index (χ1v) is 10.7. The summed E-state index contributed by atoms with van der Waals surface area (Å²) in [6.45, 7) is 13.3. The predicted octanol–water partition coefficient (Wildman–Crippen LogP) is 7.97. The van der Waals surface area contributed by atoms with Crippen LogP contribution >= 0.6 is 50.5 Å². The second kappa shape index (κ2) is 13.3. The van der Waals surface area contributed by atoms with Crippen LogP contribution in [-0.2, 0) is 0 Å². The summed E-state index contributed by atoms with van der Waals surface area (Å²) < 4.78 is 0.850. The van der Waals surface area contributed by atoms with Crippen LogP contribution in [0, 0.1) is 0 Å². The minimum absolute atomic E-state index is 0.0324. The lowest BCUT2D eigenvalue weighted by atomic mass is 10.0. The first-order chi connectivity index (χ1) is 12.3. The summed E-state index contributed by atoms with van der Waals surface area (Å²) >= 11 is 17.2. The van der Waals surface area contributed by atoms with Gasteiger partial charge in [0, 0.05) is 37.1 Å². The van der Waals surface area contributed by atoms with Gasteiger partial charge in [0.15, 0.2) is 0 Å². The summed E-state index contributed by atoms with van der Waals surface area (Å²) in [7, 11) is 0. The van der Waals surface area contributed by atoms with E-state index < -0.39 is 0 Å². The first kappa shape index (κ1) is 25.1. The Bertz CT molecular complexity index is 725. The Morgan fingerprint density at radius 3 is 2.46 bits per heavy atom. The quantitative estimate of drug-likeness (QED) is 0.453. The Kier molecular flexibility index (Phi) is 12.9. The Morgan fingerprint density at radius 2 is 1.96 bits per heavy atom. The van der Waals surface area contributed by atoms with Crippen molar-refractivity contribution in [3.8, 4) is 11.3 Å². The highest BCUT2D eigenvalue weighted by Crippen LogP contribution is 2.40. The number of rotatable bonds is 4. The zero-order valence-electron chi connectivity index (χ0n) is 15.8. The molecule has 0 aliphatic rings. The molecule has 0 saturated heterocycles. The molecule has 26 heavy (non-hydrogen) atoms. The standard InChI is InChI=1S/C13H12BrCl2N3S.C4H8.C2H6/c1-6(10(16)7(2)15)12-11(19-5-20-12)9-3-8(14)4-18-13(9)17;1-3-4-2;1-2/h3-6H,1-2H3,(H2,17,18);3H,1,4H2,2H3;1-2H3/b10-7-;;. The molecule has 0 saturated carbocycles. The molecule has 2 aromatic heterocycles. The minimum atomic E-state index is -0.0324. The number of thiazole rings is 1. The molecule has 144 valence electrons. The van der Waals surface area contributed by atoms with Gasteiger partial charge in [0.2, 0.25) is 0 Å². The number of hydrogen-bond donors (Lipinski definition) is 1. The van der Waals surface area contributed by atoms with E-state index in [0.29, 0.717) is 15.9 Å². The van der Waals surface area contributed by atoms with Crippen LogP contribution in [0.3, 0.4) is 0 Å². The molecule has 0 spiro atoms. The Morgan fingerprint density at radius 1 is 1.38 bits per heavy atom. The molecule has 2 rings (SSSR count). The molecule has 3 nitrogen and oxygen atoms in total. The van der Waals surface area contributed by atoms with E-state index in [4.69, 9.17) is 28.9 Å². The van der Waals surface area contributed by atoms with Crippen molar-refractivity contribution in [2.45, 2.75) is 47.0 Å². The Labute approximate surface area is 179 Å². The zero-order valence-corrected chi connectivity index (χ0v) is 19.7. The Hall–Kier alpha value is -0.880.